The number of amides is 2. The monoisotopic (exact) mass is 340 g/mol. The number of fused-ring (bicyclic) bond motifs is 1. The summed E-state index contributed by atoms with van der Waals surface area (Å²) in [6.45, 7) is 0.00863. The van der Waals surface area contributed by atoms with E-state index in [1.165, 1.54) is 4.90 Å². The van der Waals surface area contributed by atoms with Gasteiger partial charge in [-0.15, -0.1) is 0 Å². The molecule has 1 N–H and O–H groups in total. The van der Waals surface area contributed by atoms with E-state index in [1.807, 2.05) is 24.3 Å². The van der Waals surface area contributed by atoms with Gasteiger partial charge in [-0.25, -0.2) is 0 Å². The van der Waals surface area contributed by atoms with Gasteiger partial charge in [0.15, 0.2) is 6.61 Å². The van der Waals surface area contributed by atoms with Gasteiger partial charge >= 0.3 is 0 Å². The summed E-state index contributed by atoms with van der Waals surface area (Å²) >= 11 is 0. The maximum Gasteiger partial charge on any atom is 0.264 e. The molecular formula is C19H20N2O4. The van der Waals surface area contributed by atoms with Crippen LogP contribution in [0.1, 0.15) is 12.0 Å². The van der Waals surface area contributed by atoms with Crippen LogP contribution < -0.4 is 19.7 Å². The lowest BCUT2D eigenvalue weighted by Crippen LogP contribution is -2.36. The Morgan fingerprint density at radius 2 is 2.04 bits per heavy atom. The third kappa shape index (κ3) is 3.57. The summed E-state index contributed by atoms with van der Waals surface area (Å²) < 4.78 is 10.7. The summed E-state index contributed by atoms with van der Waals surface area (Å²) in [6, 6.07) is 13.0. The van der Waals surface area contributed by atoms with Crippen LogP contribution in [0.15, 0.2) is 42.5 Å². The van der Waals surface area contributed by atoms with E-state index in [-0.39, 0.29) is 18.4 Å². The van der Waals surface area contributed by atoms with Crippen molar-refractivity contribution < 1.29 is 19.1 Å². The van der Waals surface area contributed by atoms with Crippen molar-refractivity contribution in [1.82, 2.24) is 0 Å². The van der Waals surface area contributed by atoms with Gasteiger partial charge in [-0.3, -0.25) is 9.59 Å². The zero-order chi connectivity index (χ0) is 17.8. The number of benzene rings is 2. The molecule has 2 amide bonds. The van der Waals surface area contributed by atoms with Crippen LogP contribution in [0.5, 0.6) is 11.5 Å². The Balaban J connectivity index is 1.71. The summed E-state index contributed by atoms with van der Waals surface area (Å²) in [7, 11) is 3.29. The van der Waals surface area contributed by atoms with Gasteiger partial charge in [0.05, 0.1) is 12.8 Å². The summed E-state index contributed by atoms with van der Waals surface area (Å²) in [6.07, 6.45) is 0.874. The smallest absolute Gasteiger partial charge is 0.264 e. The number of ether oxygens (including phenoxy) is 2. The molecular weight excluding hydrogens is 320 g/mol. The minimum Gasteiger partial charge on any atom is -0.496 e. The molecule has 3 rings (SSSR count). The number of para-hydroxylation sites is 2. The van der Waals surface area contributed by atoms with Gasteiger partial charge < -0.3 is 19.7 Å². The van der Waals surface area contributed by atoms with Gasteiger partial charge in [-0.2, -0.15) is 0 Å². The van der Waals surface area contributed by atoms with Gasteiger partial charge in [0, 0.05) is 13.5 Å². The molecule has 0 atom stereocenters. The zero-order valence-corrected chi connectivity index (χ0v) is 14.2. The molecule has 1 aliphatic rings. The van der Waals surface area contributed by atoms with Crippen LogP contribution in [0.3, 0.4) is 0 Å². The molecule has 0 saturated carbocycles. The maximum absolute atomic E-state index is 12.4. The molecule has 25 heavy (non-hydrogen) atoms. The van der Waals surface area contributed by atoms with Crippen molar-refractivity contribution in [2.45, 2.75) is 12.8 Å². The van der Waals surface area contributed by atoms with Crippen LogP contribution in [0.2, 0.25) is 0 Å². The number of hydrogen-bond acceptors (Lipinski definition) is 4. The average Bonchev–Trinajstić information content (AvgIpc) is 2.63. The number of anilines is 2. The number of likely N-dealkylation sites (N-methyl/N-ethyl adjacent to an activating group) is 1. The standard InChI is InChI=1S/C19H20N2O4/c1-21-18(23)12-25-16-9-5-7-14(19(16)21)20-17(22)11-10-13-6-3-4-8-15(13)24-2/h3-9H,10-12H2,1-2H3,(H,20,22). The Morgan fingerprint density at radius 3 is 2.84 bits per heavy atom. The van der Waals surface area contributed by atoms with Crippen molar-refractivity contribution in [2.24, 2.45) is 0 Å². The van der Waals surface area contributed by atoms with E-state index in [0.717, 1.165) is 11.3 Å². The molecule has 0 fully saturated rings. The third-order valence-corrected chi connectivity index (χ3v) is 4.15. The first kappa shape index (κ1) is 16.8. The van der Waals surface area contributed by atoms with E-state index in [0.29, 0.717) is 30.0 Å². The van der Waals surface area contributed by atoms with Crippen LogP contribution in [0.25, 0.3) is 0 Å². The summed E-state index contributed by atoms with van der Waals surface area (Å²) in [5, 5.41) is 2.88. The third-order valence-electron chi connectivity index (χ3n) is 4.15. The number of hydrogen-bond donors (Lipinski definition) is 1. The van der Waals surface area contributed by atoms with E-state index >= 15 is 0 Å². The lowest BCUT2D eigenvalue weighted by atomic mass is 10.1. The van der Waals surface area contributed by atoms with Crippen LogP contribution in [-0.2, 0) is 16.0 Å². The second-order valence-corrected chi connectivity index (χ2v) is 5.75. The fourth-order valence-electron chi connectivity index (χ4n) is 2.82. The summed E-state index contributed by atoms with van der Waals surface area (Å²) in [5.41, 5.74) is 2.13. The van der Waals surface area contributed by atoms with Gasteiger partial charge in [-0.1, -0.05) is 24.3 Å². The topological polar surface area (TPSA) is 67.9 Å². The fraction of sp³-hybridized carbons (Fsp3) is 0.263. The molecule has 0 saturated heterocycles. The highest BCUT2D eigenvalue weighted by Crippen LogP contribution is 2.38. The number of methoxy groups -OCH3 is 1. The van der Waals surface area contributed by atoms with E-state index in [4.69, 9.17) is 9.47 Å². The van der Waals surface area contributed by atoms with Crippen molar-refractivity contribution in [3.8, 4) is 11.5 Å². The maximum atomic E-state index is 12.4. The van der Waals surface area contributed by atoms with Gasteiger partial charge in [0.2, 0.25) is 5.91 Å². The van der Waals surface area contributed by atoms with Gasteiger partial charge in [0.25, 0.3) is 5.91 Å². The van der Waals surface area contributed by atoms with Crippen LogP contribution in [0, 0.1) is 0 Å². The fourth-order valence-corrected chi connectivity index (χ4v) is 2.82. The number of carbonyl (C=O) groups is 2. The van der Waals surface area contributed by atoms with Crippen molar-refractivity contribution >= 4 is 23.2 Å². The Morgan fingerprint density at radius 1 is 1.24 bits per heavy atom. The van der Waals surface area contributed by atoms with E-state index < -0.39 is 0 Å². The molecule has 0 aliphatic carbocycles. The highest BCUT2D eigenvalue weighted by atomic mass is 16.5. The SMILES string of the molecule is COc1ccccc1CCC(=O)Nc1cccc2c1N(C)C(=O)CO2. The van der Waals surface area contributed by atoms with Gasteiger partial charge in [-0.05, 0) is 30.2 Å². The summed E-state index contributed by atoms with van der Waals surface area (Å²) in [5.74, 6) is 1.07. The number of aryl methyl sites for hydroxylation is 1. The number of carbonyl (C=O) groups excluding carboxylic acids is 2. The predicted molar refractivity (Wildman–Crippen MR) is 95.3 cm³/mol. The van der Waals surface area contributed by atoms with Crippen molar-refractivity contribution in [3.05, 3.63) is 48.0 Å². The second-order valence-electron chi connectivity index (χ2n) is 5.75. The first-order valence-electron chi connectivity index (χ1n) is 8.04. The predicted octanol–water partition coefficient (Wildman–Crippen LogP) is 2.62. The van der Waals surface area contributed by atoms with Crippen LogP contribution in [0.4, 0.5) is 11.4 Å². The van der Waals surface area contributed by atoms with E-state index in [1.54, 1.807) is 32.4 Å². The van der Waals surface area contributed by atoms with Crippen LogP contribution in [-0.4, -0.2) is 32.6 Å². The van der Waals surface area contributed by atoms with E-state index in [9.17, 15) is 9.59 Å². The molecule has 0 bridgehead atoms. The molecule has 0 unspecified atom stereocenters. The van der Waals surface area contributed by atoms with Crippen LogP contribution >= 0.6 is 0 Å². The summed E-state index contributed by atoms with van der Waals surface area (Å²) in [4.78, 5) is 25.7. The van der Waals surface area contributed by atoms with Gasteiger partial charge in [0.1, 0.15) is 17.2 Å². The highest BCUT2D eigenvalue weighted by molar-refractivity contribution is 6.04. The molecule has 1 aliphatic heterocycles. The Labute approximate surface area is 146 Å². The highest BCUT2D eigenvalue weighted by Gasteiger charge is 2.25. The molecule has 0 aromatic heterocycles. The Kier molecular flexibility index (Phi) is 4.88. The quantitative estimate of drug-likeness (QED) is 0.908. The van der Waals surface area contributed by atoms with Crippen molar-refractivity contribution in [3.63, 3.8) is 0 Å². The number of nitrogens with one attached hydrogen (secondary N) is 1. The first-order valence-corrected chi connectivity index (χ1v) is 8.04. The zero-order valence-electron chi connectivity index (χ0n) is 14.2. The first-order chi connectivity index (χ1) is 12.1. The molecule has 1 heterocycles. The van der Waals surface area contributed by atoms with E-state index in [2.05, 4.69) is 5.32 Å². The molecule has 130 valence electrons. The minimum atomic E-state index is -0.150. The molecule has 6 nitrogen and oxygen atoms in total. The molecule has 0 radical (unpaired) electrons. The molecule has 2 aromatic carbocycles. The molecule has 0 spiro atoms. The number of nitrogens with zero attached hydrogens (tertiary/aromatic N) is 1. The second kappa shape index (κ2) is 7.25. The normalized spacial score (nSPS) is 13.0. The lowest BCUT2D eigenvalue weighted by Gasteiger charge is -2.28. The minimum absolute atomic E-state index is 0.00863. The molecule has 6 heteroatoms. The molecule has 2 aromatic rings. The largest absolute Gasteiger partial charge is 0.496 e. The number of rotatable bonds is 5. The van der Waals surface area contributed by atoms with Crippen molar-refractivity contribution in [2.75, 3.05) is 31.0 Å². The van der Waals surface area contributed by atoms with Crippen molar-refractivity contribution in [1.29, 1.82) is 0 Å². The average molecular weight is 340 g/mol. The Hall–Kier alpha value is -3.02. The lowest BCUT2D eigenvalue weighted by molar-refractivity contribution is -0.121. The Bertz CT molecular complexity index is 804.